The zero-order chi connectivity index (χ0) is 14.8. The van der Waals surface area contributed by atoms with Crippen molar-refractivity contribution in [2.75, 3.05) is 17.6 Å². The lowest BCUT2D eigenvalue weighted by Crippen LogP contribution is -2.13. The number of nitrogen functional groups attached to an aromatic ring is 1. The molecular weight excluding hydrogens is 344 g/mol. The van der Waals surface area contributed by atoms with E-state index in [-0.39, 0.29) is 4.90 Å². The molecule has 0 amide bonds. The van der Waals surface area contributed by atoms with Gasteiger partial charge in [0, 0.05) is 11.8 Å². The molecule has 0 aliphatic carbocycles. The lowest BCUT2D eigenvalue weighted by Gasteiger charge is -2.10. The molecule has 3 N–H and O–H groups in total. The van der Waals surface area contributed by atoms with Crippen molar-refractivity contribution in [2.45, 2.75) is 4.90 Å². The monoisotopic (exact) mass is 356 g/mol. The molecule has 0 aromatic heterocycles. The molecule has 2 aromatic carbocycles. The summed E-state index contributed by atoms with van der Waals surface area (Å²) >= 11 is 3.31. The molecule has 0 bridgehead atoms. The number of nitrogens with one attached hydrogen (secondary N) is 1. The summed E-state index contributed by atoms with van der Waals surface area (Å²) < 4.78 is 32.7. The van der Waals surface area contributed by atoms with Gasteiger partial charge >= 0.3 is 0 Å². The largest absolute Gasteiger partial charge is 0.495 e. The van der Waals surface area contributed by atoms with Crippen molar-refractivity contribution >= 4 is 37.3 Å². The molecule has 0 saturated heterocycles. The average molecular weight is 357 g/mol. The Labute approximate surface area is 125 Å². The topological polar surface area (TPSA) is 81.4 Å². The zero-order valence-electron chi connectivity index (χ0n) is 10.6. The van der Waals surface area contributed by atoms with Gasteiger partial charge in [-0.3, -0.25) is 4.72 Å². The smallest absolute Gasteiger partial charge is 0.261 e. The van der Waals surface area contributed by atoms with Crippen molar-refractivity contribution in [3.63, 3.8) is 0 Å². The number of anilines is 2. The van der Waals surface area contributed by atoms with Crippen molar-refractivity contribution in [1.29, 1.82) is 0 Å². The lowest BCUT2D eigenvalue weighted by atomic mass is 10.3. The van der Waals surface area contributed by atoms with Gasteiger partial charge in [0.1, 0.15) is 5.75 Å². The predicted molar refractivity (Wildman–Crippen MR) is 82.4 cm³/mol. The van der Waals surface area contributed by atoms with Gasteiger partial charge in [0.25, 0.3) is 10.0 Å². The van der Waals surface area contributed by atoms with Crippen LogP contribution < -0.4 is 15.2 Å². The molecule has 0 fully saturated rings. The van der Waals surface area contributed by atoms with Gasteiger partial charge in [-0.2, -0.15) is 0 Å². The third-order valence-corrected chi connectivity index (χ3v) is 4.65. The van der Waals surface area contributed by atoms with Gasteiger partial charge in [-0.1, -0.05) is 0 Å². The van der Waals surface area contributed by atoms with Crippen LogP contribution in [0.5, 0.6) is 5.75 Å². The quantitative estimate of drug-likeness (QED) is 0.825. The summed E-state index contributed by atoms with van der Waals surface area (Å²) in [6.45, 7) is 0. The standard InChI is InChI=1S/C13H13BrN2O3S/c1-19-13-8-10(4-7-12(13)14)16-20(17,18)11-5-2-9(15)3-6-11/h2-8,16H,15H2,1H3. The molecule has 0 aliphatic heterocycles. The molecule has 20 heavy (non-hydrogen) atoms. The zero-order valence-corrected chi connectivity index (χ0v) is 13.0. The number of hydrogen-bond donors (Lipinski definition) is 2. The van der Waals surface area contributed by atoms with E-state index >= 15 is 0 Å². The highest BCUT2D eigenvalue weighted by Gasteiger charge is 2.14. The Bertz CT molecular complexity index is 715. The first-order valence-corrected chi connectivity index (χ1v) is 7.92. The van der Waals surface area contributed by atoms with E-state index in [1.54, 1.807) is 18.2 Å². The number of ether oxygens (including phenoxy) is 1. The molecule has 0 spiro atoms. The number of halogens is 1. The molecule has 0 heterocycles. The minimum absolute atomic E-state index is 0.147. The third kappa shape index (κ3) is 3.23. The van der Waals surface area contributed by atoms with Gasteiger partial charge in [0.2, 0.25) is 0 Å². The highest BCUT2D eigenvalue weighted by molar-refractivity contribution is 9.10. The molecule has 0 aliphatic rings. The number of sulfonamides is 1. The van der Waals surface area contributed by atoms with Gasteiger partial charge in [-0.15, -0.1) is 0 Å². The molecule has 106 valence electrons. The number of benzene rings is 2. The summed E-state index contributed by atoms with van der Waals surface area (Å²) in [7, 11) is -2.13. The first-order valence-electron chi connectivity index (χ1n) is 5.64. The molecule has 0 radical (unpaired) electrons. The van der Waals surface area contributed by atoms with Gasteiger partial charge in [0.15, 0.2) is 0 Å². The van der Waals surface area contributed by atoms with Crippen LogP contribution in [0.2, 0.25) is 0 Å². The van der Waals surface area contributed by atoms with E-state index in [0.717, 1.165) is 4.47 Å². The second-order valence-electron chi connectivity index (χ2n) is 4.02. The van der Waals surface area contributed by atoms with Crippen LogP contribution in [0.3, 0.4) is 0 Å². The minimum Gasteiger partial charge on any atom is -0.495 e. The highest BCUT2D eigenvalue weighted by Crippen LogP contribution is 2.29. The van der Waals surface area contributed by atoms with Crippen LogP contribution in [-0.2, 0) is 10.0 Å². The van der Waals surface area contributed by atoms with E-state index in [0.29, 0.717) is 17.1 Å². The first-order chi connectivity index (χ1) is 9.42. The number of nitrogens with two attached hydrogens (primary N) is 1. The summed E-state index contributed by atoms with van der Waals surface area (Å²) in [4.78, 5) is 0.147. The molecule has 5 nitrogen and oxygen atoms in total. The summed E-state index contributed by atoms with van der Waals surface area (Å²) in [5.41, 5.74) is 6.47. The van der Waals surface area contributed by atoms with E-state index in [4.69, 9.17) is 10.5 Å². The Balaban J connectivity index is 2.30. The highest BCUT2D eigenvalue weighted by atomic mass is 79.9. The van der Waals surface area contributed by atoms with Crippen LogP contribution in [0.4, 0.5) is 11.4 Å². The normalized spacial score (nSPS) is 11.1. The molecule has 0 unspecified atom stereocenters. The van der Waals surface area contributed by atoms with E-state index < -0.39 is 10.0 Å². The first kappa shape index (κ1) is 14.7. The summed E-state index contributed by atoms with van der Waals surface area (Å²) in [6.07, 6.45) is 0. The van der Waals surface area contributed by atoms with Crippen molar-refractivity contribution in [1.82, 2.24) is 0 Å². The Morgan fingerprint density at radius 2 is 1.80 bits per heavy atom. The molecule has 2 aromatic rings. The maximum absolute atomic E-state index is 12.2. The SMILES string of the molecule is COc1cc(NS(=O)(=O)c2ccc(N)cc2)ccc1Br. The van der Waals surface area contributed by atoms with E-state index in [2.05, 4.69) is 20.7 Å². The summed E-state index contributed by atoms with van der Waals surface area (Å²) in [5, 5.41) is 0. The molecule has 0 saturated carbocycles. The molecule has 7 heteroatoms. The van der Waals surface area contributed by atoms with Crippen LogP contribution in [0.15, 0.2) is 51.8 Å². The van der Waals surface area contributed by atoms with Crippen molar-refractivity contribution in [3.05, 3.63) is 46.9 Å². The van der Waals surface area contributed by atoms with Crippen LogP contribution in [0, 0.1) is 0 Å². The number of rotatable bonds is 4. The molecular formula is C13H13BrN2O3S. The lowest BCUT2D eigenvalue weighted by molar-refractivity contribution is 0.412. The Morgan fingerprint density at radius 3 is 2.40 bits per heavy atom. The van der Waals surface area contributed by atoms with Crippen molar-refractivity contribution in [3.8, 4) is 5.75 Å². The fraction of sp³-hybridized carbons (Fsp3) is 0.0769. The fourth-order valence-corrected chi connectivity index (χ4v) is 3.04. The molecule has 2 rings (SSSR count). The predicted octanol–water partition coefficient (Wildman–Crippen LogP) is 2.84. The Hall–Kier alpha value is -1.73. The van der Waals surface area contributed by atoms with E-state index in [1.807, 2.05) is 0 Å². The van der Waals surface area contributed by atoms with Crippen LogP contribution >= 0.6 is 15.9 Å². The maximum Gasteiger partial charge on any atom is 0.261 e. The van der Waals surface area contributed by atoms with Crippen LogP contribution in [-0.4, -0.2) is 15.5 Å². The van der Waals surface area contributed by atoms with Crippen molar-refractivity contribution in [2.24, 2.45) is 0 Å². The van der Waals surface area contributed by atoms with Gasteiger partial charge < -0.3 is 10.5 Å². The van der Waals surface area contributed by atoms with Gasteiger partial charge in [-0.25, -0.2) is 8.42 Å². The van der Waals surface area contributed by atoms with Gasteiger partial charge in [0.05, 0.1) is 22.2 Å². The van der Waals surface area contributed by atoms with Crippen LogP contribution in [0.1, 0.15) is 0 Å². The van der Waals surface area contributed by atoms with Gasteiger partial charge in [-0.05, 0) is 52.3 Å². The van der Waals surface area contributed by atoms with E-state index in [1.165, 1.54) is 31.4 Å². The second-order valence-corrected chi connectivity index (χ2v) is 6.56. The number of hydrogen-bond acceptors (Lipinski definition) is 4. The molecule has 0 atom stereocenters. The second kappa shape index (κ2) is 5.72. The summed E-state index contributed by atoms with van der Waals surface area (Å²) in [6, 6.07) is 10.9. The average Bonchev–Trinajstić information content (AvgIpc) is 2.41. The van der Waals surface area contributed by atoms with Crippen molar-refractivity contribution < 1.29 is 13.2 Å². The third-order valence-electron chi connectivity index (χ3n) is 2.59. The Morgan fingerprint density at radius 1 is 1.15 bits per heavy atom. The minimum atomic E-state index is -3.64. The Kier molecular flexibility index (Phi) is 4.20. The fourth-order valence-electron chi connectivity index (χ4n) is 1.58. The van der Waals surface area contributed by atoms with E-state index in [9.17, 15) is 8.42 Å². The summed E-state index contributed by atoms with van der Waals surface area (Å²) in [5.74, 6) is 0.544. The maximum atomic E-state index is 12.2. The van der Waals surface area contributed by atoms with Crippen LogP contribution in [0.25, 0.3) is 0 Å². The number of methoxy groups -OCH3 is 1.